The van der Waals surface area contributed by atoms with Gasteiger partial charge in [-0.15, -0.1) is 0 Å². The van der Waals surface area contributed by atoms with Crippen molar-refractivity contribution in [1.29, 1.82) is 0 Å². The Bertz CT molecular complexity index is 525. The minimum Gasteiger partial charge on any atom is -0.314 e. The van der Waals surface area contributed by atoms with Crippen LogP contribution in [0.5, 0.6) is 0 Å². The van der Waals surface area contributed by atoms with Crippen LogP contribution in [0.1, 0.15) is 5.56 Å². The first kappa shape index (κ1) is 13.5. The molecule has 0 spiro atoms. The van der Waals surface area contributed by atoms with Crippen molar-refractivity contribution in [3.63, 3.8) is 0 Å². The maximum Gasteiger partial charge on any atom is 0.178 e. The molecule has 1 fully saturated rings. The molecule has 0 saturated carbocycles. The lowest BCUT2D eigenvalue weighted by Crippen LogP contribution is -2.43. The zero-order valence-corrected chi connectivity index (χ0v) is 11.1. The largest absolute Gasteiger partial charge is 0.314 e. The molecular formula is C12H17FN2O2S. The van der Waals surface area contributed by atoms with Crippen LogP contribution in [-0.2, 0) is 16.4 Å². The monoisotopic (exact) mass is 272 g/mol. The van der Waals surface area contributed by atoms with Crippen molar-refractivity contribution < 1.29 is 12.8 Å². The third kappa shape index (κ3) is 3.07. The molecule has 100 valence electrons. The molecule has 1 N–H and O–H groups in total. The zero-order valence-electron chi connectivity index (χ0n) is 10.3. The molecule has 0 atom stereocenters. The number of hydrogen-bond donors (Lipinski definition) is 1. The number of nitrogens with zero attached hydrogens (tertiary/aromatic N) is 1. The Balaban J connectivity index is 2.30. The molecule has 1 aliphatic rings. The van der Waals surface area contributed by atoms with Crippen LogP contribution in [0.25, 0.3) is 0 Å². The highest BCUT2D eigenvalue weighted by Gasteiger charge is 2.20. The van der Waals surface area contributed by atoms with Crippen LogP contribution in [0, 0.1) is 5.82 Å². The molecule has 0 bridgehead atoms. The van der Waals surface area contributed by atoms with E-state index in [4.69, 9.17) is 0 Å². The van der Waals surface area contributed by atoms with E-state index >= 15 is 0 Å². The molecular weight excluding hydrogens is 255 g/mol. The van der Waals surface area contributed by atoms with Crippen molar-refractivity contribution in [1.82, 2.24) is 10.2 Å². The van der Waals surface area contributed by atoms with E-state index in [0.29, 0.717) is 12.1 Å². The van der Waals surface area contributed by atoms with Gasteiger partial charge in [-0.3, -0.25) is 4.90 Å². The molecule has 0 amide bonds. The maximum absolute atomic E-state index is 13.7. The van der Waals surface area contributed by atoms with Gasteiger partial charge in [-0.25, -0.2) is 12.8 Å². The molecule has 0 aromatic heterocycles. The predicted molar refractivity (Wildman–Crippen MR) is 67.7 cm³/mol. The van der Waals surface area contributed by atoms with Gasteiger partial charge < -0.3 is 5.32 Å². The van der Waals surface area contributed by atoms with Crippen molar-refractivity contribution in [2.75, 3.05) is 32.4 Å². The number of piperazine rings is 1. The van der Waals surface area contributed by atoms with Crippen LogP contribution in [0.4, 0.5) is 4.39 Å². The van der Waals surface area contributed by atoms with E-state index < -0.39 is 15.7 Å². The second-order valence-electron chi connectivity index (χ2n) is 4.53. The van der Waals surface area contributed by atoms with E-state index in [0.717, 1.165) is 32.4 Å². The lowest BCUT2D eigenvalue weighted by Gasteiger charge is -2.27. The van der Waals surface area contributed by atoms with Gasteiger partial charge in [0.05, 0.1) is 0 Å². The van der Waals surface area contributed by atoms with Gasteiger partial charge in [0.25, 0.3) is 0 Å². The average Bonchev–Trinajstić information content (AvgIpc) is 2.28. The second-order valence-corrected chi connectivity index (χ2v) is 6.48. The van der Waals surface area contributed by atoms with Crippen LogP contribution in [0.2, 0.25) is 0 Å². The summed E-state index contributed by atoms with van der Waals surface area (Å²) in [5.41, 5.74) is 0.541. The molecule has 1 heterocycles. The van der Waals surface area contributed by atoms with Gasteiger partial charge in [0.15, 0.2) is 9.84 Å². The minimum atomic E-state index is -3.53. The van der Waals surface area contributed by atoms with E-state index in [1.54, 1.807) is 12.1 Å². The van der Waals surface area contributed by atoms with Gasteiger partial charge in [-0.2, -0.15) is 0 Å². The first-order valence-corrected chi connectivity index (χ1v) is 7.78. The summed E-state index contributed by atoms with van der Waals surface area (Å²) >= 11 is 0. The van der Waals surface area contributed by atoms with Crippen LogP contribution >= 0.6 is 0 Å². The maximum atomic E-state index is 13.7. The van der Waals surface area contributed by atoms with Gasteiger partial charge in [0.2, 0.25) is 0 Å². The summed E-state index contributed by atoms with van der Waals surface area (Å²) in [6.45, 7) is 3.92. The summed E-state index contributed by atoms with van der Waals surface area (Å²) in [6, 6.07) is 4.43. The normalized spacial score (nSPS) is 17.9. The standard InChI is InChI=1S/C12H17FN2O2S/c1-18(16,17)12-10(3-2-4-11(12)13)9-15-7-5-14-6-8-15/h2-4,14H,5-9H2,1H3. The van der Waals surface area contributed by atoms with E-state index in [1.165, 1.54) is 6.07 Å². The van der Waals surface area contributed by atoms with E-state index in [-0.39, 0.29) is 4.90 Å². The van der Waals surface area contributed by atoms with Gasteiger partial charge in [0, 0.05) is 39.0 Å². The van der Waals surface area contributed by atoms with Crippen LogP contribution in [0.15, 0.2) is 23.1 Å². The smallest absolute Gasteiger partial charge is 0.178 e. The Kier molecular flexibility index (Phi) is 3.99. The van der Waals surface area contributed by atoms with Gasteiger partial charge in [0.1, 0.15) is 10.7 Å². The average molecular weight is 272 g/mol. The Labute approximate surface area is 107 Å². The quantitative estimate of drug-likeness (QED) is 0.877. The Hall–Kier alpha value is -0.980. The first-order chi connectivity index (χ1) is 8.48. The lowest BCUT2D eigenvalue weighted by atomic mass is 10.2. The molecule has 0 unspecified atom stereocenters. The highest BCUT2D eigenvalue weighted by atomic mass is 32.2. The van der Waals surface area contributed by atoms with Crippen molar-refractivity contribution in [3.05, 3.63) is 29.6 Å². The SMILES string of the molecule is CS(=O)(=O)c1c(F)cccc1CN1CCNCC1. The molecule has 0 aliphatic carbocycles. The molecule has 1 aromatic carbocycles. The number of halogens is 1. The topological polar surface area (TPSA) is 49.4 Å². The summed E-state index contributed by atoms with van der Waals surface area (Å²) in [6.07, 6.45) is 1.05. The highest BCUT2D eigenvalue weighted by Crippen LogP contribution is 2.21. The fourth-order valence-electron chi connectivity index (χ4n) is 2.20. The zero-order chi connectivity index (χ0) is 13.2. The summed E-state index contributed by atoms with van der Waals surface area (Å²) in [5.74, 6) is -0.662. The molecule has 6 heteroatoms. The van der Waals surface area contributed by atoms with Crippen molar-refractivity contribution in [2.24, 2.45) is 0 Å². The Morgan fingerprint density at radius 2 is 2.00 bits per heavy atom. The van der Waals surface area contributed by atoms with Gasteiger partial charge in [-0.05, 0) is 11.6 Å². The fraction of sp³-hybridized carbons (Fsp3) is 0.500. The Morgan fingerprint density at radius 1 is 1.33 bits per heavy atom. The summed E-state index contributed by atoms with van der Waals surface area (Å²) < 4.78 is 37.0. The summed E-state index contributed by atoms with van der Waals surface area (Å²) in [7, 11) is -3.53. The fourth-order valence-corrected chi connectivity index (χ4v) is 3.23. The second kappa shape index (κ2) is 5.34. The molecule has 1 aromatic rings. The third-order valence-corrected chi connectivity index (χ3v) is 4.22. The van der Waals surface area contributed by atoms with Gasteiger partial charge >= 0.3 is 0 Å². The predicted octanol–water partition coefficient (Wildman–Crippen LogP) is 0.634. The number of benzene rings is 1. The van der Waals surface area contributed by atoms with Crippen LogP contribution < -0.4 is 5.32 Å². The highest BCUT2D eigenvalue weighted by molar-refractivity contribution is 7.90. The van der Waals surface area contributed by atoms with E-state index in [9.17, 15) is 12.8 Å². The lowest BCUT2D eigenvalue weighted by molar-refractivity contribution is 0.231. The number of hydrogen-bond acceptors (Lipinski definition) is 4. The van der Waals surface area contributed by atoms with Crippen molar-refractivity contribution in [2.45, 2.75) is 11.4 Å². The minimum absolute atomic E-state index is 0.163. The van der Waals surface area contributed by atoms with E-state index in [2.05, 4.69) is 10.2 Å². The molecule has 0 radical (unpaired) electrons. The number of nitrogens with one attached hydrogen (secondary N) is 1. The van der Waals surface area contributed by atoms with Crippen LogP contribution in [0.3, 0.4) is 0 Å². The summed E-state index contributed by atoms with van der Waals surface area (Å²) in [4.78, 5) is 1.96. The molecule has 1 saturated heterocycles. The van der Waals surface area contributed by atoms with E-state index in [1.807, 2.05) is 0 Å². The molecule has 18 heavy (non-hydrogen) atoms. The van der Waals surface area contributed by atoms with Crippen molar-refractivity contribution >= 4 is 9.84 Å². The van der Waals surface area contributed by atoms with Gasteiger partial charge in [-0.1, -0.05) is 12.1 Å². The number of sulfone groups is 1. The molecule has 4 nitrogen and oxygen atoms in total. The first-order valence-electron chi connectivity index (χ1n) is 5.89. The summed E-state index contributed by atoms with van der Waals surface area (Å²) in [5, 5.41) is 3.22. The molecule has 2 rings (SSSR count). The Morgan fingerprint density at radius 3 is 2.61 bits per heavy atom. The number of rotatable bonds is 3. The molecule has 1 aliphatic heterocycles. The van der Waals surface area contributed by atoms with Crippen LogP contribution in [-0.4, -0.2) is 45.8 Å². The van der Waals surface area contributed by atoms with Crippen molar-refractivity contribution in [3.8, 4) is 0 Å². The third-order valence-electron chi connectivity index (χ3n) is 3.02.